The number of nitrogens with zero attached hydrogens (tertiary/aromatic N) is 1. The number of likely N-dealkylation sites (N-methyl/N-ethyl adjacent to an activating group) is 1. The van der Waals surface area contributed by atoms with Crippen molar-refractivity contribution in [1.82, 2.24) is 0 Å². The van der Waals surface area contributed by atoms with Crippen LogP contribution >= 0.6 is 0 Å². The summed E-state index contributed by atoms with van der Waals surface area (Å²) >= 11 is 0. The molecule has 0 saturated carbocycles. The Balaban J connectivity index is 1.61. The average molecular weight is 292 g/mol. The third kappa shape index (κ3) is 3.14. The number of hydrogen-bond donors (Lipinski definition) is 1. The monoisotopic (exact) mass is 292 g/mol. The molecular weight excluding hydrogens is 272 g/mol. The summed E-state index contributed by atoms with van der Waals surface area (Å²) in [5, 5.41) is 2.42. The van der Waals surface area contributed by atoms with Crippen LogP contribution in [0.4, 0.5) is 11.4 Å². The van der Waals surface area contributed by atoms with Gasteiger partial charge in [-0.2, -0.15) is 0 Å². The van der Waals surface area contributed by atoms with Crippen LogP contribution in [0.5, 0.6) is 5.75 Å². The normalized spacial score (nSPS) is 10.6. The smallest absolute Gasteiger partial charge is 0.120 e. The molecule has 0 unspecified atom stereocenters. The number of rotatable bonds is 5. The Kier molecular flexibility index (Phi) is 4.15. The summed E-state index contributed by atoms with van der Waals surface area (Å²) in [7, 11) is 2.02. The lowest BCUT2D eigenvalue weighted by atomic mass is 10.1. The number of benzene rings is 3. The number of ether oxygens (including phenoxy) is 1. The molecule has 112 valence electrons. The van der Waals surface area contributed by atoms with Gasteiger partial charge < -0.3 is 15.4 Å². The molecule has 0 bridgehead atoms. The molecule has 3 aromatic carbocycles. The van der Waals surface area contributed by atoms with E-state index >= 15 is 0 Å². The van der Waals surface area contributed by atoms with Gasteiger partial charge in [-0.3, -0.25) is 0 Å². The second-order valence-corrected chi connectivity index (χ2v) is 5.34. The van der Waals surface area contributed by atoms with Crippen LogP contribution in [0.2, 0.25) is 0 Å². The highest BCUT2D eigenvalue weighted by Crippen LogP contribution is 2.22. The van der Waals surface area contributed by atoms with Crippen molar-refractivity contribution in [2.45, 2.75) is 0 Å². The molecule has 2 N–H and O–H groups in total. The second kappa shape index (κ2) is 6.39. The number of para-hydroxylation sites is 2. The first kappa shape index (κ1) is 14.3. The van der Waals surface area contributed by atoms with Crippen molar-refractivity contribution >= 4 is 22.1 Å². The highest BCUT2D eigenvalue weighted by atomic mass is 16.5. The van der Waals surface area contributed by atoms with Gasteiger partial charge >= 0.3 is 0 Å². The molecule has 0 fully saturated rings. The Bertz CT molecular complexity index is 770. The minimum atomic E-state index is 0.614. The van der Waals surface area contributed by atoms with E-state index in [0.717, 1.165) is 23.7 Å². The first-order valence-corrected chi connectivity index (χ1v) is 7.41. The van der Waals surface area contributed by atoms with Gasteiger partial charge in [0.25, 0.3) is 0 Å². The molecule has 0 radical (unpaired) electrons. The van der Waals surface area contributed by atoms with Gasteiger partial charge in [-0.05, 0) is 35.0 Å². The van der Waals surface area contributed by atoms with Gasteiger partial charge in [-0.15, -0.1) is 0 Å². The summed E-state index contributed by atoms with van der Waals surface area (Å²) < 4.78 is 5.86. The van der Waals surface area contributed by atoms with Crippen LogP contribution in [0.15, 0.2) is 66.7 Å². The first-order valence-electron chi connectivity index (χ1n) is 7.41. The van der Waals surface area contributed by atoms with Gasteiger partial charge in [0.15, 0.2) is 0 Å². The van der Waals surface area contributed by atoms with E-state index in [-0.39, 0.29) is 0 Å². The first-order chi connectivity index (χ1) is 10.7. The topological polar surface area (TPSA) is 38.5 Å². The summed E-state index contributed by atoms with van der Waals surface area (Å²) in [6.07, 6.45) is 0. The Labute approximate surface area is 130 Å². The Morgan fingerprint density at radius 3 is 2.45 bits per heavy atom. The van der Waals surface area contributed by atoms with Crippen molar-refractivity contribution in [2.24, 2.45) is 0 Å². The third-order valence-electron chi connectivity index (χ3n) is 3.76. The fourth-order valence-electron chi connectivity index (χ4n) is 2.51. The Morgan fingerprint density at radius 2 is 1.64 bits per heavy atom. The molecule has 3 rings (SSSR count). The molecule has 0 aliphatic rings. The molecular formula is C19H20N2O. The van der Waals surface area contributed by atoms with Crippen molar-refractivity contribution in [1.29, 1.82) is 0 Å². The van der Waals surface area contributed by atoms with E-state index in [0.29, 0.717) is 6.61 Å². The fourth-order valence-corrected chi connectivity index (χ4v) is 2.51. The van der Waals surface area contributed by atoms with Gasteiger partial charge in [0.1, 0.15) is 12.4 Å². The highest BCUT2D eigenvalue weighted by Gasteiger charge is 2.04. The largest absolute Gasteiger partial charge is 0.492 e. The lowest BCUT2D eigenvalue weighted by Gasteiger charge is -2.21. The molecule has 0 spiro atoms. The van der Waals surface area contributed by atoms with Gasteiger partial charge in [-0.25, -0.2) is 0 Å². The van der Waals surface area contributed by atoms with Crippen LogP contribution < -0.4 is 15.4 Å². The molecule has 0 heterocycles. The maximum atomic E-state index is 5.98. The number of nitrogens with two attached hydrogens (primary N) is 1. The number of nitrogen functional groups attached to an aromatic ring is 1. The standard InChI is InChI=1S/C19H20N2O/c1-21(19-9-5-4-8-18(19)20)12-13-22-17-11-10-15-6-2-3-7-16(15)14-17/h2-11,14H,12-13,20H2,1H3. The zero-order chi connectivity index (χ0) is 15.4. The molecule has 0 saturated heterocycles. The third-order valence-corrected chi connectivity index (χ3v) is 3.76. The molecule has 3 nitrogen and oxygen atoms in total. The van der Waals surface area contributed by atoms with Crippen LogP contribution in [-0.2, 0) is 0 Å². The SMILES string of the molecule is CN(CCOc1ccc2ccccc2c1)c1ccccc1N. The molecule has 0 amide bonds. The molecule has 3 aromatic rings. The zero-order valence-electron chi connectivity index (χ0n) is 12.7. The molecule has 22 heavy (non-hydrogen) atoms. The van der Waals surface area contributed by atoms with E-state index in [9.17, 15) is 0 Å². The van der Waals surface area contributed by atoms with Crippen LogP contribution in [0.25, 0.3) is 10.8 Å². The summed E-state index contributed by atoms with van der Waals surface area (Å²) in [5.41, 5.74) is 7.80. The lowest BCUT2D eigenvalue weighted by molar-refractivity contribution is 0.326. The minimum absolute atomic E-state index is 0.614. The quantitative estimate of drug-likeness (QED) is 0.724. The van der Waals surface area contributed by atoms with Crippen LogP contribution in [0.1, 0.15) is 0 Å². The van der Waals surface area contributed by atoms with Crippen molar-refractivity contribution < 1.29 is 4.74 Å². The summed E-state index contributed by atoms with van der Waals surface area (Å²) in [6.45, 7) is 1.39. The molecule has 0 aliphatic carbocycles. The predicted molar refractivity (Wildman–Crippen MR) is 93.6 cm³/mol. The fraction of sp³-hybridized carbons (Fsp3) is 0.158. The highest BCUT2D eigenvalue weighted by molar-refractivity contribution is 5.83. The van der Waals surface area contributed by atoms with E-state index in [1.54, 1.807) is 0 Å². The van der Waals surface area contributed by atoms with E-state index in [2.05, 4.69) is 29.2 Å². The number of hydrogen-bond acceptors (Lipinski definition) is 3. The van der Waals surface area contributed by atoms with Crippen molar-refractivity contribution in [2.75, 3.05) is 30.8 Å². The second-order valence-electron chi connectivity index (χ2n) is 5.34. The number of anilines is 2. The average Bonchev–Trinajstić information content (AvgIpc) is 2.55. The van der Waals surface area contributed by atoms with E-state index in [1.807, 2.05) is 49.5 Å². The summed E-state index contributed by atoms with van der Waals surface area (Å²) in [4.78, 5) is 2.11. The lowest BCUT2D eigenvalue weighted by Crippen LogP contribution is -2.24. The van der Waals surface area contributed by atoms with Gasteiger partial charge in [-0.1, -0.05) is 42.5 Å². The van der Waals surface area contributed by atoms with E-state index in [4.69, 9.17) is 10.5 Å². The minimum Gasteiger partial charge on any atom is -0.492 e. The van der Waals surface area contributed by atoms with E-state index in [1.165, 1.54) is 10.8 Å². The van der Waals surface area contributed by atoms with Crippen LogP contribution in [0.3, 0.4) is 0 Å². The Hall–Kier alpha value is -2.68. The maximum absolute atomic E-state index is 5.98. The van der Waals surface area contributed by atoms with Gasteiger partial charge in [0, 0.05) is 7.05 Å². The zero-order valence-corrected chi connectivity index (χ0v) is 12.7. The molecule has 0 atom stereocenters. The van der Waals surface area contributed by atoms with Crippen molar-refractivity contribution in [3.63, 3.8) is 0 Å². The van der Waals surface area contributed by atoms with E-state index < -0.39 is 0 Å². The Morgan fingerprint density at radius 1 is 0.909 bits per heavy atom. The van der Waals surface area contributed by atoms with Crippen molar-refractivity contribution in [3.05, 3.63) is 66.7 Å². The van der Waals surface area contributed by atoms with Gasteiger partial charge in [0.05, 0.1) is 17.9 Å². The van der Waals surface area contributed by atoms with Crippen LogP contribution in [-0.4, -0.2) is 20.2 Å². The molecule has 0 aliphatic heterocycles. The summed E-state index contributed by atoms with van der Waals surface area (Å²) in [5.74, 6) is 0.896. The maximum Gasteiger partial charge on any atom is 0.120 e. The number of fused-ring (bicyclic) bond motifs is 1. The summed E-state index contributed by atoms with van der Waals surface area (Å²) in [6, 6.07) is 22.3. The molecule has 3 heteroatoms. The van der Waals surface area contributed by atoms with Crippen molar-refractivity contribution in [3.8, 4) is 5.75 Å². The van der Waals surface area contributed by atoms with Gasteiger partial charge in [0.2, 0.25) is 0 Å². The van der Waals surface area contributed by atoms with Crippen LogP contribution in [0, 0.1) is 0 Å². The predicted octanol–water partition coefficient (Wildman–Crippen LogP) is 3.94. The molecule has 0 aromatic heterocycles.